The van der Waals surface area contributed by atoms with Gasteiger partial charge in [0.25, 0.3) is 0 Å². The van der Waals surface area contributed by atoms with Crippen LogP contribution in [0.5, 0.6) is 0 Å². The second-order valence-electron chi connectivity index (χ2n) is 3.55. The van der Waals surface area contributed by atoms with Gasteiger partial charge in [-0.3, -0.25) is 5.10 Å². The zero-order chi connectivity index (χ0) is 12.3. The highest BCUT2D eigenvalue weighted by Gasteiger charge is 2.03. The summed E-state index contributed by atoms with van der Waals surface area (Å²) in [6.45, 7) is 3.33. The average molecular weight is 252 g/mol. The average Bonchev–Trinajstić information content (AvgIpc) is 2.69. The Kier molecular flexibility index (Phi) is 3.53. The first-order chi connectivity index (χ1) is 8.20. The maximum atomic E-state index is 12.7. The molecule has 0 spiro atoms. The van der Waals surface area contributed by atoms with Crippen LogP contribution in [0, 0.1) is 10.6 Å². The summed E-state index contributed by atoms with van der Waals surface area (Å²) in [7, 11) is 0. The van der Waals surface area contributed by atoms with Crippen LogP contribution in [0.2, 0.25) is 0 Å². The van der Waals surface area contributed by atoms with Crippen LogP contribution in [0.15, 0.2) is 24.3 Å². The summed E-state index contributed by atoms with van der Waals surface area (Å²) in [6.07, 6.45) is 0. The molecule has 0 saturated carbocycles. The maximum absolute atomic E-state index is 12.7. The van der Waals surface area contributed by atoms with Gasteiger partial charge in [-0.1, -0.05) is 0 Å². The minimum Gasteiger partial charge on any atom is -0.378 e. The number of nitrogens with one attached hydrogen (secondary N) is 2. The van der Waals surface area contributed by atoms with Crippen molar-refractivity contribution < 1.29 is 4.39 Å². The van der Waals surface area contributed by atoms with Gasteiger partial charge >= 0.3 is 0 Å². The number of anilines is 1. The normalized spacial score (nSPS) is 10.5. The molecule has 1 aromatic carbocycles. The second-order valence-corrected chi connectivity index (χ2v) is 3.94. The van der Waals surface area contributed by atoms with Gasteiger partial charge < -0.3 is 9.88 Å². The summed E-state index contributed by atoms with van der Waals surface area (Å²) in [5.41, 5.74) is 0.850. The van der Waals surface area contributed by atoms with E-state index in [1.54, 1.807) is 12.1 Å². The zero-order valence-electron chi connectivity index (χ0n) is 9.40. The van der Waals surface area contributed by atoms with Crippen molar-refractivity contribution in [3.63, 3.8) is 0 Å². The van der Waals surface area contributed by atoms with E-state index >= 15 is 0 Å². The van der Waals surface area contributed by atoms with Crippen molar-refractivity contribution in [3.8, 4) is 0 Å². The molecule has 0 saturated heterocycles. The third-order valence-corrected chi connectivity index (χ3v) is 2.76. The van der Waals surface area contributed by atoms with E-state index in [0.717, 1.165) is 18.1 Å². The number of benzene rings is 1. The van der Waals surface area contributed by atoms with Crippen LogP contribution in [0.1, 0.15) is 12.7 Å². The highest BCUT2D eigenvalue weighted by molar-refractivity contribution is 7.71. The summed E-state index contributed by atoms with van der Waals surface area (Å²) in [6, 6.07) is 6.21. The molecule has 2 rings (SSSR count). The molecule has 1 heterocycles. The third kappa shape index (κ3) is 2.71. The largest absolute Gasteiger partial charge is 0.378 e. The molecule has 17 heavy (non-hydrogen) atoms. The highest BCUT2D eigenvalue weighted by Crippen LogP contribution is 2.09. The van der Waals surface area contributed by atoms with E-state index in [9.17, 15) is 4.39 Å². The molecule has 2 aromatic rings. The predicted octanol–water partition coefficient (Wildman–Crippen LogP) is 2.71. The Morgan fingerprint density at radius 3 is 2.76 bits per heavy atom. The van der Waals surface area contributed by atoms with E-state index in [1.165, 1.54) is 12.1 Å². The van der Waals surface area contributed by atoms with Crippen molar-refractivity contribution in [3.05, 3.63) is 40.7 Å². The van der Waals surface area contributed by atoms with Crippen LogP contribution in [0.4, 0.5) is 10.1 Å². The van der Waals surface area contributed by atoms with Crippen LogP contribution >= 0.6 is 12.2 Å². The van der Waals surface area contributed by atoms with Crippen LogP contribution < -0.4 is 5.32 Å². The summed E-state index contributed by atoms with van der Waals surface area (Å²) in [5, 5.41) is 10.0. The van der Waals surface area contributed by atoms with Crippen LogP contribution in [0.3, 0.4) is 0 Å². The molecule has 6 heteroatoms. The lowest BCUT2D eigenvalue weighted by molar-refractivity contribution is 0.628. The first-order valence-electron chi connectivity index (χ1n) is 5.34. The standard InChI is InChI=1S/C11H13FN4S/c1-2-16-10(14-15-11(16)17)7-13-9-5-3-8(12)4-6-9/h3-6,13H,2,7H2,1H3,(H,15,17). The van der Waals surface area contributed by atoms with Gasteiger partial charge in [0.1, 0.15) is 5.82 Å². The number of rotatable bonds is 4. The van der Waals surface area contributed by atoms with E-state index < -0.39 is 0 Å². The molecule has 0 fully saturated rings. The van der Waals surface area contributed by atoms with E-state index in [4.69, 9.17) is 12.2 Å². The smallest absolute Gasteiger partial charge is 0.195 e. The SMILES string of the molecule is CCn1c(CNc2ccc(F)cc2)n[nH]c1=S. The summed E-state index contributed by atoms with van der Waals surface area (Å²) in [5.74, 6) is 0.591. The van der Waals surface area contributed by atoms with Gasteiger partial charge in [-0.05, 0) is 43.4 Å². The molecule has 0 unspecified atom stereocenters. The first-order valence-corrected chi connectivity index (χ1v) is 5.75. The Hall–Kier alpha value is -1.69. The number of hydrogen-bond acceptors (Lipinski definition) is 3. The lowest BCUT2D eigenvalue weighted by atomic mass is 10.3. The van der Waals surface area contributed by atoms with Crippen molar-refractivity contribution in [1.29, 1.82) is 0 Å². The van der Waals surface area contributed by atoms with Gasteiger partial charge in [-0.2, -0.15) is 5.10 Å². The molecule has 0 aliphatic heterocycles. The maximum Gasteiger partial charge on any atom is 0.195 e. The predicted molar refractivity (Wildman–Crippen MR) is 66.8 cm³/mol. The van der Waals surface area contributed by atoms with Crippen molar-refractivity contribution in [2.45, 2.75) is 20.0 Å². The molecule has 0 aliphatic carbocycles. The molecule has 1 aromatic heterocycles. The molecular formula is C11H13FN4S. The topological polar surface area (TPSA) is 45.6 Å². The van der Waals surface area contributed by atoms with E-state index in [0.29, 0.717) is 11.3 Å². The van der Waals surface area contributed by atoms with Gasteiger partial charge in [0, 0.05) is 12.2 Å². The highest BCUT2D eigenvalue weighted by atomic mass is 32.1. The van der Waals surface area contributed by atoms with Crippen LogP contribution in [-0.2, 0) is 13.1 Å². The fourth-order valence-electron chi connectivity index (χ4n) is 1.56. The number of nitrogens with zero attached hydrogens (tertiary/aromatic N) is 2. The Morgan fingerprint density at radius 1 is 1.41 bits per heavy atom. The van der Waals surface area contributed by atoms with Crippen LogP contribution in [-0.4, -0.2) is 14.8 Å². The van der Waals surface area contributed by atoms with Crippen molar-refractivity contribution in [2.24, 2.45) is 0 Å². The van der Waals surface area contributed by atoms with Crippen molar-refractivity contribution in [2.75, 3.05) is 5.32 Å². The summed E-state index contributed by atoms with van der Waals surface area (Å²) in [4.78, 5) is 0. The lowest BCUT2D eigenvalue weighted by Crippen LogP contribution is -2.08. The summed E-state index contributed by atoms with van der Waals surface area (Å²) >= 11 is 5.09. The molecular weight excluding hydrogens is 239 g/mol. The van der Waals surface area contributed by atoms with E-state index in [2.05, 4.69) is 15.5 Å². The van der Waals surface area contributed by atoms with E-state index in [1.807, 2.05) is 11.5 Å². The van der Waals surface area contributed by atoms with Crippen molar-refractivity contribution >= 4 is 17.9 Å². The number of hydrogen-bond donors (Lipinski definition) is 2. The molecule has 2 N–H and O–H groups in total. The molecule has 0 atom stereocenters. The quantitative estimate of drug-likeness (QED) is 0.822. The molecule has 4 nitrogen and oxygen atoms in total. The minimum atomic E-state index is -0.244. The van der Waals surface area contributed by atoms with Crippen molar-refractivity contribution in [1.82, 2.24) is 14.8 Å². The molecule has 90 valence electrons. The second kappa shape index (κ2) is 5.09. The number of aromatic nitrogens is 3. The third-order valence-electron chi connectivity index (χ3n) is 2.45. The Morgan fingerprint density at radius 2 is 2.12 bits per heavy atom. The minimum absolute atomic E-state index is 0.244. The fourth-order valence-corrected chi connectivity index (χ4v) is 1.84. The lowest BCUT2D eigenvalue weighted by Gasteiger charge is -2.06. The number of aromatic amines is 1. The monoisotopic (exact) mass is 252 g/mol. The van der Waals surface area contributed by atoms with E-state index in [-0.39, 0.29) is 5.82 Å². The Bertz CT molecular complexity index is 543. The van der Waals surface area contributed by atoms with Gasteiger partial charge in [0.2, 0.25) is 0 Å². The zero-order valence-corrected chi connectivity index (χ0v) is 10.2. The fraction of sp³-hybridized carbons (Fsp3) is 0.273. The first kappa shape index (κ1) is 11.8. The summed E-state index contributed by atoms with van der Waals surface area (Å²) < 4.78 is 15.2. The number of halogens is 1. The van der Waals surface area contributed by atoms with Crippen LogP contribution in [0.25, 0.3) is 0 Å². The molecule has 0 amide bonds. The molecule has 0 bridgehead atoms. The molecule has 0 radical (unpaired) electrons. The van der Waals surface area contributed by atoms with Gasteiger partial charge in [0.15, 0.2) is 10.6 Å². The van der Waals surface area contributed by atoms with Gasteiger partial charge in [-0.15, -0.1) is 0 Å². The molecule has 0 aliphatic rings. The number of H-pyrrole nitrogens is 1. The van der Waals surface area contributed by atoms with Gasteiger partial charge in [-0.25, -0.2) is 4.39 Å². The Labute approximate surface area is 103 Å². The van der Waals surface area contributed by atoms with Gasteiger partial charge in [0.05, 0.1) is 6.54 Å². The Balaban J connectivity index is 2.07.